The van der Waals surface area contributed by atoms with E-state index in [9.17, 15) is 0 Å². The highest BCUT2D eigenvalue weighted by Gasteiger charge is 2.18. The second-order valence-electron chi connectivity index (χ2n) is 4.14. The first kappa shape index (κ1) is 10.2. The van der Waals surface area contributed by atoms with Crippen LogP contribution in [0.2, 0.25) is 0 Å². The van der Waals surface area contributed by atoms with Crippen LogP contribution in [0, 0.1) is 6.92 Å². The van der Waals surface area contributed by atoms with Crippen molar-refractivity contribution < 1.29 is 0 Å². The molecule has 0 spiro atoms. The molecular weight excluding hydrogens is 180 g/mol. The molecule has 1 aliphatic rings. The summed E-state index contributed by atoms with van der Waals surface area (Å²) in [7, 11) is 0. The lowest BCUT2D eigenvalue weighted by Crippen LogP contribution is -1.90. The van der Waals surface area contributed by atoms with Gasteiger partial charge in [0.2, 0.25) is 0 Å². The Labute approximate surface area is 92.3 Å². The van der Waals surface area contributed by atoms with E-state index in [-0.39, 0.29) is 0 Å². The molecule has 1 aromatic rings. The molecule has 0 aromatic heterocycles. The Morgan fingerprint density at radius 3 is 2.60 bits per heavy atom. The first-order valence-corrected chi connectivity index (χ1v) is 5.68. The predicted molar refractivity (Wildman–Crippen MR) is 67.9 cm³/mol. The molecule has 0 heteroatoms. The highest BCUT2D eigenvalue weighted by Crippen LogP contribution is 2.36. The van der Waals surface area contributed by atoms with Gasteiger partial charge in [0.1, 0.15) is 0 Å². The molecule has 0 radical (unpaired) electrons. The van der Waals surface area contributed by atoms with Gasteiger partial charge >= 0.3 is 0 Å². The van der Waals surface area contributed by atoms with Gasteiger partial charge in [0, 0.05) is 0 Å². The number of allylic oxidation sites excluding steroid dienone is 3. The number of hydrogen-bond donors (Lipinski definition) is 0. The van der Waals surface area contributed by atoms with Crippen molar-refractivity contribution >= 4 is 11.6 Å². The zero-order valence-corrected chi connectivity index (χ0v) is 9.80. The molecular formula is C15H18. The molecule has 0 saturated heterocycles. The van der Waals surface area contributed by atoms with E-state index in [4.69, 9.17) is 0 Å². The van der Waals surface area contributed by atoms with Crippen LogP contribution in [-0.2, 0) is 6.42 Å². The van der Waals surface area contributed by atoms with Gasteiger partial charge in [-0.3, -0.25) is 0 Å². The van der Waals surface area contributed by atoms with E-state index in [1.807, 2.05) is 0 Å². The second kappa shape index (κ2) is 4.06. The Balaban J connectivity index is 2.68. The van der Waals surface area contributed by atoms with Gasteiger partial charge in [-0.25, -0.2) is 0 Å². The van der Waals surface area contributed by atoms with E-state index in [2.05, 4.69) is 51.1 Å². The SMILES string of the molecule is C/C=C\c1c(C)ccc2c1/C(=C/C)CC2. The van der Waals surface area contributed by atoms with Crippen LogP contribution in [0.1, 0.15) is 42.5 Å². The molecule has 0 saturated carbocycles. The monoisotopic (exact) mass is 198 g/mol. The van der Waals surface area contributed by atoms with Crippen molar-refractivity contribution in [2.24, 2.45) is 0 Å². The minimum atomic E-state index is 1.21. The van der Waals surface area contributed by atoms with Crippen molar-refractivity contribution in [2.45, 2.75) is 33.6 Å². The number of benzene rings is 1. The smallest absolute Gasteiger partial charge is 0.0120 e. The van der Waals surface area contributed by atoms with Crippen molar-refractivity contribution in [3.05, 3.63) is 46.5 Å². The second-order valence-corrected chi connectivity index (χ2v) is 4.14. The van der Waals surface area contributed by atoms with Crippen molar-refractivity contribution in [1.29, 1.82) is 0 Å². The predicted octanol–water partition coefficient (Wildman–Crippen LogP) is 4.38. The van der Waals surface area contributed by atoms with Gasteiger partial charge in [0.25, 0.3) is 0 Å². The normalized spacial score (nSPS) is 17.7. The Kier molecular flexibility index (Phi) is 2.77. The maximum Gasteiger partial charge on any atom is -0.0120 e. The summed E-state index contributed by atoms with van der Waals surface area (Å²) < 4.78 is 0. The van der Waals surface area contributed by atoms with Crippen LogP contribution in [0.15, 0.2) is 24.3 Å². The average molecular weight is 198 g/mol. The highest BCUT2D eigenvalue weighted by atomic mass is 14.2. The van der Waals surface area contributed by atoms with E-state index in [1.165, 1.54) is 40.7 Å². The lowest BCUT2D eigenvalue weighted by Gasteiger charge is -2.09. The van der Waals surface area contributed by atoms with Gasteiger partial charge in [-0.15, -0.1) is 0 Å². The van der Waals surface area contributed by atoms with Gasteiger partial charge in [-0.05, 0) is 61.4 Å². The molecule has 0 unspecified atom stereocenters. The van der Waals surface area contributed by atoms with Crippen LogP contribution in [0.25, 0.3) is 11.6 Å². The minimum absolute atomic E-state index is 1.21. The maximum atomic E-state index is 2.29. The molecule has 0 atom stereocenters. The molecule has 0 amide bonds. The summed E-state index contributed by atoms with van der Waals surface area (Å²) in [6.45, 7) is 6.43. The zero-order valence-electron chi connectivity index (χ0n) is 9.80. The van der Waals surface area contributed by atoms with Gasteiger partial charge < -0.3 is 0 Å². The molecule has 0 bridgehead atoms. The standard InChI is InChI=1S/C15H18/c1-4-6-14-11(3)7-8-13-10-9-12(5-2)15(13)14/h4-8H,9-10H2,1-3H3/b6-4-,12-5+. The quantitative estimate of drug-likeness (QED) is 0.628. The highest BCUT2D eigenvalue weighted by molar-refractivity contribution is 5.80. The molecule has 1 aliphatic carbocycles. The summed E-state index contributed by atoms with van der Waals surface area (Å²) >= 11 is 0. The van der Waals surface area contributed by atoms with Gasteiger partial charge in [-0.2, -0.15) is 0 Å². The summed E-state index contributed by atoms with van der Waals surface area (Å²) in [6, 6.07) is 4.53. The molecule has 15 heavy (non-hydrogen) atoms. The molecule has 0 aliphatic heterocycles. The van der Waals surface area contributed by atoms with Crippen LogP contribution in [0.5, 0.6) is 0 Å². The van der Waals surface area contributed by atoms with Crippen molar-refractivity contribution in [3.8, 4) is 0 Å². The van der Waals surface area contributed by atoms with Gasteiger partial charge in [0.15, 0.2) is 0 Å². The fourth-order valence-electron chi connectivity index (χ4n) is 2.42. The fourth-order valence-corrected chi connectivity index (χ4v) is 2.42. The molecule has 0 nitrogen and oxygen atoms in total. The van der Waals surface area contributed by atoms with E-state index in [0.717, 1.165) is 0 Å². The Morgan fingerprint density at radius 1 is 1.13 bits per heavy atom. The molecule has 0 N–H and O–H groups in total. The lowest BCUT2D eigenvalue weighted by molar-refractivity contribution is 1.08. The number of rotatable bonds is 1. The van der Waals surface area contributed by atoms with Crippen LogP contribution in [-0.4, -0.2) is 0 Å². The third-order valence-electron chi connectivity index (χ3n) is 3.22. The first-order valence-electron chi connectivity index (χ1n) is 5.68. The van der Waals surface area contributed by atoms with Gasteiger partial charge in [0.05, 0.1) is 0 Å². The number of hydrogen-bond acceptors (Lipinski definition) is 0. The van der Waals surface area contributed by atoms with Crippen LogP contribution in [0.3, 0.4) is 0 Å². The first-order chi connectivity index (χ1) is 7.27. The molecule has 78 valence electrons. The minimum Gasteiger partial charge on any atom is -0.0870 e. The van der Waals surface area contributed by atoms with E-state index >= 15 is 0 Å². The Hall–Kier alpha value is -1.30. The van der Waals surface area contributed by atoms with Gasteiger partial charge in [-0.1, -0.05) is 30.4 Å². The van der Waals surface area contributed by atoms with Crippen molar-refractivity contribution in [2.75, 3.05) is 0 Å². The lowest BCUT2D eigenvalue weighted by atomic mass is 9.95. The van der Waals surface area contributed by atoms with E-state index in [0.29, 0.717) is 0 Å². The molecule has 2 rings (SSSR count). The third-order valence-corrected chi connectivity index (χ3v) is 3.22. The summed E-state index contributed by atoms with van der Waals surface area (Å²) in [4.78, 5) is 0. The van der Waals surface area contributed by atoms with E-state index in [1.54, 1.807) is 0 Å². The molecule has 0 heterocycles. The fraction of sp³-hybridized carbons (Fsp3) is 0.333. The molecule has 1 aromatic carbocycles. The summed E-state index contributed by atoms with van der Waals surface area (Å²) in [5.41, 5.74) is 7.33. The molecule has 0 fully saturated rings. The summed E-state index contributed by atoms with van der Waals surface area (Å²) in [5, 5.41) is 0. The largest absolute Gasteiger partial charge is 0.0870 e. The topological polar surface area (TPSA) is 0 Å². The summed E-state index contributed by atoms with van der Waals surface area (Å²) in [6.07, 6.45) is 9.05. The Morgan fingerprint density at radius 2 is 1.93 bits per heavy atom. The van der Waals surface area contributed by atoms with E-state index < -0.39 is 0 Å². The van der Waals surface area contributed by atoms with Crippen molar-refractivity contribution in [3.63, 3.8) is 0 Å². The third kappa shape index (κ3) is 1.65. The van der Waals surface area contributed by atoms with Crippen LogP contribution < -0.4 is 0 Å². The van der Waals surface area contributed by atoms with Crippen LogP contribution in [0.4, 0.5) is 0 Å². The number of aryl methyl sites for hydroxylation is 2. The Bertz CT molecular complexity index is 434. The average Bonchev–Trinajstić information content (AvgIpc) is 2.65. The zero-order chi connectivity index (χ0) is 10.8. The number of fused-ring (bicyclic) bond motifs is 1. The maximum absolute atomic E-state index is 2.29. The van der Waals surface area contributed by atoms with Crippen LogP contribution >= 0.6 is 0 Å². The van der Waals surface area contributed by atoms with Crippen molar-refractivity contribution in [1.82, 2.24) is 0 Å². The summed E-state index contributed by atoms with van der Waals surface area (Å²) in [5.74, 6) is 0.